The van der Waals surface area contributed by atoms with Crippen molar-refractivity contribution in [2.45, 2.75) is 85.0 Å². The Labute approximate surface area is 148 Å². The minimum Gasteiger partial charge on any atom is -0.726 e. The van der Waals surface area contributed by atoms with Crippen molar-refractivity contribution >= 4 is 10.4 Å². The van der Waals surface area contributed by atoms with Crippen LogP contribution in [0.4, 0.5) is 0 Å². The molecule has 0 amide bonds. The Hall–Kier alpha value is 0.870. The van der Waals surface area contributed by atoms with Crippen molar-refractivity contribution in [3.63, 3.8) is 0 Å². The largest absolute Gasteiger partial charge is 1.00 e. The summed E-state index contributed by atoms with van der Waals surface area (Å²) in [5.74, 6) is 0. The van der Waals surface area contributed by atoms with Crippen LogP contribution >= 0.6 is 0 Å². The van der Waals surface area contributed by atoms with E-state index >= 15 is 0 Å². The summed E-state index contributed by atoms with van der Waals surface area (Å²) in [6.07, 6.45) is 11.7. The maximum Gasteiger partial charge on any atom is 1.00 e. The molecule has 0 bridgehead atoms. The van der Waals surface area contributed by atoms with E-state index in [2.05, 4.69) is 11.1 Å². The summed E-state index contributed by atoms with van der Waals surface area (Å²) in [5.41, 5.74) is 0. The molecule has 0 aromatic heterocycles. The van der Waals surface area contributed by atoms with E-state index in [9.17, 15) is 13.0 Å². The van der Waals surface area contributed by atoms with Crippen molar-refractivity contribution in [3.8, 4) is 0 Å². The van der Waals surface area contributed by atoms with Gasteiger partial charge in [0.2, 0.25) is 10.4 Å². The minimum absolute atomic E-state index is 0. The summed E-state index contributed by atoms with van der Waals surface area (Å²) in [6, 6.07) is 0. The van der Waals surface area contributed by atoms with Crippen LogP contribution in [0.5, 0.6) is 0 Å². The van der Waals surface area contributed by atoms with Crippen LogP contribution in [0.15, 0.2) is 0 Å². The van der Waals surface area contributed by atoms with Crippen LogP contribution in [0.1, 0.15) is 85.0 Å². The molecule has 4 nitrogen and oxygen atoms in total. The monoisotopic (exact) mass is 318 g/mol. The van der Waals surface area contributed by atoms with Crippen LogP contribution in [0.25, 0.3) is 0 Å². The molecule has 0 spiro atoms. The molecule has 0 rings (SSSR count). The summed E-state index contributed by atoms with van der Waals surface area (Å²) < 4.78 is 34.5. The molecule has 0 fully saturated rings. The van der Waals surface area contributed by atoms with Crippen molar-refractivity contribution in [1.82, 2.24) is 0 Å². The smallest absolute Gasteiger partial charge is 0.726 e. The Kier molecular flexibility index (Phi) is 25.6. The minimum atomic E-state index is -4.48. The fourth-order valence-corrected chi connectivity index (χ4v) is 2.07. The van der Waals surface area contributed by atoms with E-state index in [0.29, 0.717) is 6.42 Å². The predicted molar refractivity (Wildman–Crippen MR) is 78.8 cm³/mol. The van der Waals surface area contributed by atoms with Crippen LogP contribution in [-0.4, -0.2) is 19.6 Å². The third-order valence-electron chi connectivity index (χ3n) is 2.73. The van der Waals surface area contributed by atoms with Gasteiger partial charge >= 0.3 is 29.6 Å². The van der Waals surface area contributed by atoms with Gasteiger partial charge in [0, 0.05) is 0 Å². The second-order valence-corrected chi connectivity index (χ2v) is 5.46. The summed E-state index contributed by atoms with van der Waals surface area (Å²) in [7, 11) is -4.48. The number of rotatable bonds is 12. The molecular weight excluding hydrogens is 287 g/mol. The number of hydrogen-bond acceptors (Lipinski definition) is 4. The van der Waals surface area contributed by atoms with Crippen LogP contribution in [-0.2, 0) is 14.6 Å². The molecule has 0 aliphatic heterocycles. The SMILES string of the molecule is CC.CCCCCCCCCCCCOS(=O)(=O)[O-].[Na+]. The molecule has 0 saturated carbocycles. The van der Waals surface area contributed by atoms with Gasteiger partial charge in [-0.15, -0.1) is 0 Å². The van der Waals surface area contributed by atoms with Gasteiger partial charge in [-0.1, -0.05) is 78.6 Å². The molecule has 0 atom stereocenters. The topological polar surface area (TPSA) is 66.4 Å². The predicted octanol–water partition coefficient (Wildman–Crippen LogP) is 1.41. The molecule has 0 radical (unpaired) electrons. The van der Waals surface area contributed by atoms with E-state index in [1.807, 2.05) is 13.8 Å². The van der Waals surface area contributed by atoms with Gasteiger partial charge in [0.15, 0.2) is 0 Å². The Balaban J connectivity index is -0.000000916. The third-order valence-corrected chi connectivity index (χ3v) is 3.18. The van der Waals surface area contributed by atoms with Gasteiger partial charge in [-0.25, -0.2) is 8.42 Å². The first-order chi connectivity index (χ1) is 9.06. The van der Waals surface area contributed by atoms with Gasteiger partial charge in [-0.05, 0) is 6.42 Å². The number of unbranched alkanes of at least 4 members (excludes halogenated alkanes) is 9. The van der Waals surface area contributed by atoms with Crippen molar-refractivity contribution < 1.29 is 46.7 Å². The second-order valence-electron chi connectivity index (χ2n) is 4.41. The summed E-state index contributed by atoms with van der Waals surface area (Å²) in [5, 5.41) is 0. The van der Waals surface area contributed by atoms with Gasteiger partial charge < -0.3 is 4.55 Å². The van der Waals surface area contributed by atoms with E-state index in [1.54, 1.807) is 0 Å². The maximum absolute atomic E-state index is 10.1. The molecule has 0 aliphatic rings. The van der Waals surface area contributed by atoms with E-state index in [0.717, 1.165) is 12.8 Å². The van der Waals surface area contributed by atoms with Crippen molar-refractivity contribution in [2.24, 2.45) is 0 Å². The van der Waals surface area contributed by atoms with Gasteiger partial charge in [0.25, 0.3) is 0 Å². The normalized spacial score (nSPS) is 10.4. The van der Waals surface area contributed by atoms with Crippen LogP contribution in [0, 0.1) is 0 Å². The Morgan fingerprint density at radius 2 is 1.15 bits per heavy atom. The van der Waals surface area contributed by atoms with Gasteiger partial charge in [-0.3, -0.25) is 4.18 Å². The Morgan fingerprint density at radius 3 is 1.50 bits per heavy atom. The molecule has 118 valence electrons. The average Bonchev–Trinajstić information content (AvgIpc) is 2.37. The maximum atomic E-state index is 10.1. The van der Waals surface area contributed by atoms with E-state index in [1.165, 1.54) is 44.9 Å². The quantitative estimate of drug-likeness (QED) is 0.236. The molecule has 0 aromatic carbocycles. The molecule has 0 aromatic rings. The molecule has 20 heavy (non-hydrogen) atoms. The van der Waals surface area contributed by atoms with Gasteiger partial charge in [-0.2, -0.15) is 0 Å². The molecule has 0 saturated heterocycles. The standard InChI is InChI=1S/C12H26O4S.C2H6.Na/c1-2-3-4-5-6-7-8-9-10-11-12-16-17(13,14)15;1-2;/h2-12H2,1H3,(H,13,14,15);1-2H3;/q;;+1/p-1. The zero-order valence-electron chi connectivity index (χ0n) is 13.8. The summed E-state index contributed by atoms with van der Waals surface area (Å²) in [6.45, 7) is 6.24. The zero-order chi connectivity index (χ0) is 15.0. The molecule has 0 heterocycles. The van der Waals surface area contributed by atoms with E-state index in [-0.39, 0.29) is 36.2 Å². The fourth-order valence-electron chi connectivity index (χ4n) is 1.75. The first-order valence-electron chi connectivity index (χ1n) is 7.66. The van der Waals surface area contributed by atoms with Gasteiger partial charge in [0.1, 0.15) is 0 Å². The zero-order valence-corrected chi connectivity index (χ0v) is 16.6. The van der Waals surface area contributed by atoms with Gasteiger partial charge in [0.05, 0.1) is 6.61 Å². The van der Waals surface area contributed by atoms with Crippen LogP contribution < -0.4 is 29.6 Å². The summed E-state index contributed by atoms with van der Waals surface area (Å²) >= 11 is 0. The average molecular weight is 318 g/mol. The van der Waals surface area contributed by atoms with Crippen LogP contribution in [0.2, 0.25) is 0 Å². The second kappa shape index (κ2) is 19.9. The molecular formula is C14H31NaO4S. The number of hydrogen-bond donors (Lipinski definition) is 0. The third kappa shape index (κ3) is 27.3. The summed E-state index contributed by atoms with van der Waals surface area (Å²) in [4.78, 5) is 0. The molecule has 0 N–H and O–H groups in total. The molecule has 0 unspecified atom stereocenters. The van der Waals surface area contributed by atoms with E-state index < -0.39 is 10.4 Å². The Morgan fingerprint density at radius 1 is 0.800 bits per heavy atom. The molecule has 0 aliphatic carbocycles. The van der Waals surface area contributed by atoms with Crippen molar-refractivity contribution in [3.05, 3.63) is 0 Å². The first kappa shape index (κ1) is 25.8. The van der Waals surface area contributed by atoms with Crippen molar-refractivity contribution in [2.75, 3.05) is 6.61 Å². The molecule has 6 heteroatoms. The first-order valence-corrected chi connectivity index (χ1v) is 9.00. The Bertz CT molecular complexity index is 256. The van der Waals surface area contributed by atoms with Crippen molar-refractivity contribution in [1.29, 1.82) is 0 Å². The van der Waals surface area contributed by atoms with E-state index in [4.69, 9.17) is 0 Å². The van der Waals surface area contributed by atoms with Crippen LogP contribution in [0.3, 0.4) is 0 Å². The fraction of sp³-hybridized carbons (Fsp3) is 1.00.